The van der Waals surface area contributed by atoms with Gasteiger partial charge in [-0.1, -0.05) is 30.3 Å². The number of hydrogen-bond acceptors (Lipinski definition) is 5. The number of amides is 1. The Balaban J connectivity index is 2.37. The highest BCUT2D eigenvalue weighted by Gasteiger charge is 2.34. The van der Waals surface area contributed by atoms with Gasteiger partial charge in [0.2, 0.25) is 0 Å². The molecule has 7 heteroatoms. The number of ether oxygens (including phenoxy) is 3. The van der Waals surface area contributed by atoms with E-state index in [1.807, 2.05) is 44.2 Å². The molecule has 2 aromatic rings. The lowest BCUT2D eigenvalue weighted by molar-refractivity contribution is -0.159. The molecule has 1 aromatic carbocycles. The number of benzene rings is 1. The molecule has 2 rings (SSSR count). The molecule has 0 bridgehead atoms. The minimum Gasteiger partial charge on any atom is -0.464 e. The zero-order valence-corrected chi connectivity index (χ0v) is 17.3. The summed E-state index contributed by atoms with van der Waals surface area (Å²) in [5.41, 5.74) is 1.32. The van der Waals surface area contributed by atoms with Gasteiger partial charge in [0.05, 0.1) is 13.2 Å². The first kappa shape index (κ1) is 22.6. The smallest absolute Gasteiger partial charge is 0.329 e. The van der Waals surface area contributed by atoms with Crippen molar-refractivity contribution in [1.29, 1.82) is 0 Å². The standard InChI is InChI=1S/C22H30N2O5/c1-4-27-20(28-5-2)16-24(21(25)18-13-10-14-23-18)19(22(26)29-6-3)15-17-11-8-7-9-12-17/h7-14,19-20,23H,4-6,15-16H2,1-3H3. The molecule has 158 valence electrons. The maximum Gasteiger partial charge on any atom is 0.329 e. The van der Waals surface area contributed by atoms with E-state index in [9.17, 15) is 9.59 Å². The van der Waals surface area contributed by atoms with Gasteiger partial charge in [0, 0.05) is 25.8 Å². The second kappa shape index (κ2) is 12.0. The number of H-pyrrole nitrogens is 1. The van der Waals surface area contributed by atoms with Gasteiger partial charge >= 0.3 is 5.97 Å². The highest BCUT2D eigenvalue weighted by molar-refractivity contribution is 5.95. The number of aromatic nitrogens is 1. The summed E-state index contributed by atoms with van der Waals surface area (Å²) in [6.07, 6.45) is 1.36. The zero-order chi connectivity index (χ0) is 21.1. The van der Waals surface area contributed by atoms with E-state index < -0.39 is 18.3 Å². The van der Waals surface area contributed by atoms with E-state index in [0.717, 1.165) is 5.56 Å². The van der Waals surface area contributed by atoms with Crippen molar-refractivity contribution < 1.29 is 23.8 Å². The van der Waals surface area contributed by atoms with Gasteiger partial charge in [-0.15, -0.1) is 0 Å². The molecule has 0 fully saturated rings. The molecule has 29 heavy (non-hydrogen) atoms. The van der Waals surface area contributed by atoms with Crippen LogP contribution in [-0.4, -0.2) is 60.5 Å². The quantitative estimate of drug-likeness (QED) is 0.436. The van der Waals surface area contributed by atoms with Crippen LogP contribution in [-0.2, 0) is 25.4 Å². The average molecular weight is 402 g/mol. The lowest BCUT2D eigenvalue weighted by Gasteiger charge is -2.33. The number of carbonyl (C=O) groups is 2. The number of carbonyl (C=O) groups excluding carboxylic acids is 2. The largest absolute Gasteiger partial charge is 0.464 e. The van der Waals surface area contributed by atoms with Gasteiger partial charge in [-0.05, 0) is 38.5 Å². The summed E-state index contributed by atoms with van der Waals surface area (Å²) in [4.78, 5) is 30.5. The topological polar surface area (TPSA) is 80.9 Å². The summed E-state index contributed by atoms with van der Waals surface area (Å²) in [7, 11) is 0. The van der Waals surface area contributed by atoms with Gasteiger partial charge < -0.3 is 24.1 Å². The molecule has 0 saturated carbocycles. The first-order chi connectivity index (χ1) is 14.1. The highest BCUT2D eigenvalue weighted by atomic mass is 16.7. The second-order valence-corrected chi connectivity index (χ2v) is 6.34. The molecule has 0 spiro atoms. The Morgan fingerprint density at radius 2 is 1.66 bits per heavy atom. The summed E-state index contributed by atoms with van der Waals surface area (Å²) in [5, 5.41) is 0. The molecule has 1 atom stereocenters. The molecule has 1 aromatic heterocycles. The predicted molar refractivity (Wildman–Crippen MR) is 109 cm³/mol. The average Bonchev–Trinajstić information content (AvgIpc) is 3.26. The maximum atomic E-state index is 13.3. The Morgan fingerprint density at radius 3 is 2.21 bits per heavy atom. The van der Waals surface area contributed by atoms with Gasteiger partial charge in [-0.2, -0.15) is 0 Å². The third kappa shape index (κ3) is 6.73. The molecule has 1 N–H and O–H groups in total. The molecule has 1 unspecified atom stereocenters. The lowest BCUT2D eigenvalue weighted by atomic mass is 10.0. The highest BCUT2D eigenvalue weighted by Crippen LogP contribution is 2.16. The Hall–Kier alpha value is -2.64. The van der Waals surface area contributed by atoms with Crippen molar-refractivity contribution in [2.24, 2.45) is 0 Å². The van der Waals surface area contributed by atoms with Gasteiger partial charge in [-0.3, -0.25) is 4.79 Å². The van der Waals surface area contributed by atoms with Gasteiger partial charge in [0.15, 0.2) is 6.29 Å². The fraction of sp³-hybridized carbons (Fsp3) is 0.455. The summed E-state index contributed by atoms with van der Waals surface area (Å²) < 4.78 is 16.6. The van der Waals surface area contributed by atoms with Gasteiger partial charge in [-0.25, -0.2) is 4.79 Å². The van der Waals surface area contributed by atoms with E-state index >= 15 is 0 Å². The molecule has 1 heterocycles. The van der Waals surface area contributed by atoms with Crippen LogP contribution >= 0.6 is 0 Å². The van der Waals surface area contributed by atoms with E-state index in [2.05, 4.69) is 4.98 Å². The first-order valence-electron chi connectivity index (χ1n) is 9.98. The van der Waals surface area contributed by atoms with E-state index in [0.29, 0.717) is 25.3 Å². The van der Waals surface area contributed by atoms with Crippen LogP contribution in [0.4, 0.5) is 0 Å². The van der Waals surface area contributed by atoms with Crippen LogP contribution in [0, 0.1) is 0 Å². The second-order valence-electron chi connectivity index (χ2n) is 6.34. The summed E-state index contributed by atoms with van der Waals surface area (Å²) >= 11 is 0. The van der Waals surface area contributed by atoms with Crippen LogP contribution < -0.4 is 0 Å². The van der Waals surface area contributed by atoms with Crippen LogP contribution in [0.1, 0.15) is 36.8 Å². The third-order valence-corrected chi connectivity index (χ3v) is 4.35. The number of aromatic amines is 1. The SMILES string of the molecule is CCOC(=O)C(Cc1ccccc1)N(CC(OCC)OCC)C(=O)c1ccc[nH]1. The van der Waals surface area contributed by atoms with Crippen molar-refractivity contribution in [3.05, 3.63) is 59.9 Å². The predicted octanol–water partition coefficient (Wildman–Crippen LogP) is 3.03. The maximum absolute atomic E-state index is 13.3. The molecule has 1 amide bonds. The van der Waals surface area contributed by atoms with Crippen LogP contribution in [0.15, 0.2) is 48.7 Å². The van der Waals surface area contributed by atoms with E-state index in [1.165, 1.54) is 4.90 Å². The van der Waals surface area contributed by atoms with Gasteiger partial charge in [0.25, 0.3) is 5.91 Å². The minimum atomic E-state index is -0.809. The van der Waals surface area contributed by atoms with E-state index in [1.54, 1.807) is 25.3 Å². The summed E-state index contributed by atoms with van der Waals surface area (Å²) in [5.74, 6) is -0.767. The molecule has 0 radical (unpaired) electrons. The molecule has 0 aliphatic rings. The normalized spacial score (nSPS) is 12.0. The number of nitrogens with zero attached hydrogens (tertiary/aromatic N) is 1. The number of rotatable bonds is 12. The fourth-order valence-corrected chi connectivity index (χ4v) is 3.05. The third-order valence-electron chi connectivity index (χ3n) is 4.35. The molecule has 0 aliphatic heterocycles. The van der Waals surface area contributed by atoms with Crippen LogP contribution in [0.3, 0.4) is 0 Å². The minimum absolute atomic E-state index is 0.107. The van der Waals surface area contributed by atoms with E-state index in [-0.39, 0.29) is 19.1 Å². The van der Waals surface area contributed by atoms with Crippen molar-refractivity contribution in [1.82, 2.24) is 9.88 Å². The molecule has 0 aliphatic carbocycles. The van der Waals surface area contributed by atoms with Crippen molar-refractivity contribution in [3.63, 3.8) is 0 Å². The monoisotopic (exact) mass is 402 g/mol. The Kier molecular flexibility index (Phi) is 9.40. The van der Waals surface area contributed by atoms with Crippen LogP contribution in [0.5, 0.6) is 0 Å². The lowest BCUT2D eigenvalue weighted by Crippen LogP contribution is -2.51. The Labute approximate surface area is 172 Å². The molecule has 7 nitrogen and oxygen atoms in total. The van der Waals surface area contributed by atoms with Gasteiger partial charge in [0.1, 0.15) is 11.7 Å². The first-order valence-corrected chi connectivity index (χ1v) is 9.98. The molecular formula is C22H30N2O5. The van der Waals surface area contributed by atoms with Crippen molar-refractivity contribution in [2.75, 3.05) is 26.4 Å². The van der Waals surface area contributed by atoms with Crippen LogP contribution in [0.25, 0.3) is 0 Å². The Morgan fingerprint density at radius 1 is 0.966 bits per heavy atom. The molecular weight excluding hydrogens is 372 g/mol. The Bertz CT molecular complexity index is 727. The fourth-order valence-electron chi connectivity index (χ4n) is 3.05. The summed E-state index contributed by atoms with van der Waals surface area (Å²) in [6, 6.07) is 12.2. The number of hydrogen-bond donors (Lipinski definition) is 1. The van der Waals surface area contributed by atoms with Crippen molar-refractivity contribution in [2.45, 2.75) is 39.5 Å². The zero-order valence-electron chi connectivity index (χ0n) is 17.3. The molecule has 0 saturated heterocycles. The van der Waals surface area contributed by atoms with Crippen molar-refractivity contribution >= 4 is 11.9 Å². The summed E-state index contributed by atoms with van der Waals surface area (Å²) in [6.45, 7) is 6.66. The van der Waals surface area contributed by atoms with Crippen LogP contribution in [0.2, 0.25) is 0 Å². The number of esters is 1. The number of nitrogens with one attached hydrogen (secondary N) is 1. The van der Waals surface area contributed by atoms with Crippen molar-refractivity contribution in [3.8, 4) is 0 Å². The van der Waals surface area contributed by atoms with E-state index in [4.69, 9.17) is 14.2 Å².